The molecule has 10 aromatic rings. The van der Waals surface area contributed by atoms with Gasteiger partial charge in [-0.05, 0) is 77.9 Å². The number of hydrogen-bond acceptors (Lipinski definition) is 5. The number of furan rings is 1. The SMILES string of the molecule is c1ccc(-c2ccc(N(c3ccc4sc5ccccc5c4c3)c3ccc4oc5ccc6sc(-c7ccccc7)nc6c5c4c3)cc2)cc1. The van der Waals surface area contributed by atoms with E-state index < -0.39 is 0 Å². The van der Waals surface area contributed by atoms with E-state index >= 15 is 0 Å². The number of rotatable bonds is 5. The minimum atomic E-state index is 0.851. The molecule has 0 saturated carbocycles. The molecule has 0 radical (unpaired) electrons. The van der Waals surface area contributed by atoms with Crippen molar-refractivity contribution in [2.75, 3.05) is 4.90 Å². The highest BCUT2D eigenvalue weighted by molar-refractivity contribution is 7.25. The summed E-state index contributed by atoms with van der Waals surface area (Å²) < 4.78 is 10.2. The molecule has 0 aliphatic heterocycles. The van der Waals surface area contributed by atoms with Crippen LogP contribution in [0.5, 0.6) is 0 Å². The zero-order valence-electron chi connectivity index (χ0n) is 25.6. The van der Waals surface area contributed by atoms with Gasteiger partial charge in [0.25, 0.3) is 0 Å². The molecule has 5 heteroatoms. The fraction of sp³-hybridized carbons (Fsp3) is 0. The van der Waals surface area contributed by atoms with Crippen LogP contribution in [0.4, 0.5) is 17.1 Å². The van der Waals surface area contributed by atoms with Gasteiger partial charge >= 0.3 is 0 Å². The first-order chi connectivity index (χ1) is 23.8. The average Bonchev–Trinajstić information content (AvgIpc) is 3.86. The number of nitrogens with zero attached hydrogens (tertiary/aromatic N) is 2. The Morgan fingerprint density at radius 3 is 1.85 bits per heavy atom. The molecule has 0 bridgehead atoms. The number of anilines is 3. The molecule has 0 fully saturated rings. The van der Waals surface area contributed by atoms with Crippen LogP contribution in [0.3, 0.4) is 0 Å². The number of hydrogen-bond donors (Lipinski definition) is 0. The summed E-state index contributed by atoms with van der Waals surface area (Å²) in [6.45, 7) is 0. The molecule has 3 heterocycles. The molecule has 0 amide bonds. The first kappa shape index (κ1) is 27.4. The van der Waals surface area contributed by atoms with E-state index in [0.717, 1.165) is 59.8 Å². The number of fused-ring (bicyclic) bond motifs is 8. The Kier molecular flexibility index (Phi) is 6.22. The molecular formula is C43H26N2OS2. The van der Waals surface area contributed by atoms with Gasteiger partial charge in [0.1, 0.15) is 16.2 Å². The molecule has 0 N–H and O–H groups in total. The lowest BCUT2D eigenvalue weighted by Crippen LogP contribution is -2.09. The number of thiazole rings is 1. The van der Waals surface area contributed by atoms with Gasteiger partial charge in [0.05, 0.1) is 15.6 Å². The Morgan fingerprint density at radius 2 is 1.04 bits per heavy atom. The third kappa shape index (κ3) is 4.43. The zero-order valence-corrected chi connectivity index (χ0v) is 27.3. The van der Waals surface area contributed by atoms with Gasteiger partial charge in [0.15, 0.2) is 0 Å². The monoisotopic (exact) mass is 650 g/mol. The van der Waals surface area contributed by atoms with Crippen molar-refractivity contribution >= 4 is 92.1 Å². The molecule has 10 rings (SSSR count). The molecule has 3 nitrogen and oxygen atoms in total. The molecule has 0 saturated heterocycles. The van der Waals surface area contributed by atoms with Crippen LogP contribution in [0.25, 0.3) is 74.0 Å². The topological polar surface area (TPSA) is 29.3 Å². The van der Waals surface area contributed by atoms with E-state index in [9.17, 15) is 0 Å². The van der Waals surface area contributed by atoms with E-state index in [-0.39, 0.29) is 0 Å². The Balaban J connectivity index is 1.18. The quantitative estimate of drug-likeness (QED) is 0.186. The summed E-state index contributed by atoms with van der Waals surface area (Å²) in [5.41, 5.74) is 9.47. The van der Waals surface area contributed by atoms with Crippen molar-refractivity contribution in [3.63, 3.8) is 0 Å². The van der Waals surface area contributed by atoms with Gasteiger partial charge in [-0.2, -0.15) is 0 Å². The van der Waals surface area contributed by atoms with Crippen molar-refractivity contribution < 1.29 is 4.42 Å². The fourth-order valence-corrected chi connectivity index (χ4v) is 8.88. The second-order valence-corrected chi connectivity index (χ2v) is 14.1. The third-order valence-electron chi connectivity index (χ3n) is 9.11. The molecule has 0 atom stereocenters. The van der Waals surface area contributed by atoms with E-state index in [2.05, 4.69) is 157 Å². The summed E-state index contributed by atoms with van der Waals surface area (Å²) in [5.74, 6) is 0. The molecule has 3 aromatic heterocycles. The summed E-state index contributed by atoms with van der Waals surface area (Å²) in [6, 6.07) is 56.1. The summed E-state index contributed by atoms with van der Waals surface area (Å²) in [6.07, 6.45) is 0. The highest BCUT2D eigenvalue weighted by Crippen LogP contribution is 2.44. The van der Waals surface area contributed by atoms with Crippen LogP contribution in [0.15, 0.2) is 162 Å². The smallest absolute Gasteiger partial charge is 0.137 e. The lowest BCUT2D eigenvalue weighted by molar-refractivity contribution is 0.669. The van der Waals surface area contributed by atoms with Gasteiger partial charge in [-0.3, -0.25) is 0 Å². The Labute approximate surface area is 284 Å². The van der Waals surface area contributed by atoms with Crippen LogP contribution in [-0.2, 0) is 0 Å². The summed E-state index contributed by atoms with van der Waals surface area (Å²) in [7, 11) is 0. The fourth-order valence-electron chi connectivity index (χ4n) is 6.82. The lowest BCUT2D eigenvalue weighted by atomic mass is 10.0. The van der Waals surface area contributed by atoms with Crippen LogP contribution < -0.4 is 4.90 Å². The number of aromatic nitrogens is 1. The highest BCUT2D eigenvalue weighted by atomic mass is 32.1. The second kappa shape index (κ2) is 10.9. The van der Waals surface area contributed by atoms with Crippen molar-refractivity contribution in [1.82, 2.24) is 4.98 Å². The Hall–Kier alpha value is -5.75. The van der Waals surface area contributed by atoms with Gasteiger partial charge in [-0.1, -0.05) is 91.0 Å². The van der Waals surface area contributed by atoms with Crippen molar-refractivity contribution in [2.45, 2.75) is 0 Å². The second-order valence-electron chi connectivity index (χ2n) is 12.0. The molecule has 0 unspecified atom stereocenters. The zero-order chi connectivity index (χ0) is 31.6. The predicted octanol–water partition coefficient (Wildman–Crippen LogP) is 13.4. The first-order valence-electron chi connectivity index (χ1n) is 15.9. The molecule has 7 aromatic carbocycles. The molecule has 0 aliphatic rings. The molecular weight excluding hydrogens is 625 g/mol. The van der Waals surface area contributed by atoms with Gasteiger partial charge in [0.2, 0.25) is 0 Å². The van der Waals surface area contributed by atoms with E-state index in [4.69, 9.17) is 9.40 Å². The van der Waals surface area contributed by atoms with Crippen molar-refractivity contribution in [3.8, 4) is 21.7 Å². The molecule has 226 valence electrons. The third-order valence-corrected chi connectivity index (χ3v) is 11.3. The minimum absolute atomic E-state index is 0.851. The van der Waals surface area contributed by atoms with Crippen LogP contribution in [-0.4, -0.2) is 4.98 Å². The maximum Gasteiger partial charge on any atom is 0.137 e. The molecule has 0 aliphatic carbocycles. The van der Waals surface area contributed by atoms with Crippen LogP contribution in [0.1, 0.15) is 0 Å². The maximum atomic E-state index is 6.43. The summed E-state index contributed by atoms with van der Waals surface area (Å²) in [4.78, 5) is 7.52. The van der Waals surface area contributed by atoms with E-state index in [1.807, 2.05) is 17.4 Å². The minimum Gasteiger partial charge on any atom is -0.456 e. The van der Waals surface area contributed by atoms with E-state index in [1.165, 1.54) is 31.3 Å². The van der Waals surface area contributed by atoms with Crippen molar-refractivity contribution in [2.24, 2.45) is 0 Å². The summed E-state index contributed by atoms with van der Waals surface area (Å²) in [5, 5.41) is 5.69. The largest absolute Gasteiger partial charge is 0.456 e. The van der Waals surface area contributed by atoms with Crippen LogP contribution >= 0.6 is 22.7 Å². The first-order valence-corrected chi connectivity index (χ1v) is 17.6. The van der Waals surface area contributed by atoms with Gasteiger partial charge in [-0.15, -0.1) is 22.7 Å². The van der Waals surface area contributed by atoms with Gasteiger partial charge < -0.3 is 9.32 Å². The van der Waals surface area contributed by atoms with Crippen LogP contribution in [0.2, 0.25) is 0 Å². The van der Waals surface area contributed by atoms with E-state index in [0.29, 0.717) is 0 Å². The van der Waals surface area contributed by atoms with Crippen LogP contribution in [0, 0.1) is 0 Å². The number of benzene rings is 7. The predicted molar refractivity (Wildman–Crippen MR) is 205 cm³/mol. The lowest BCUT2D eigenvalue weighted by Gasteiger charge is -2.26. The van der Waals surface area contributed by atoms with E-state index in [1.54, 1.807) is 11.3 Å². The molecule has 48 heavy (non-hydrogen) atoms. The Morgan fingerprint density at radius 1 is 0.438 bits per heavy atom. The average molecular weight is 651 g/mol. The van der Waals surface area contributed by atoms with Gasteiger partial charge in [-0.25, -0.2) is 4.98 Å². The Bertz CT molecular complexity index is 2780. The van der Waals surface area contributed by atoms with Crippen molar-refractivity contribution in [1.29, 1.82) is 0 Å². The van der Waals surface area contributed by atoms with Gasteiger partial charge in [0, 0.05) is 48.2 Å². The maximum absolute atomic E-state index is 6.43. The number of thiophene rings is 1. The standard InChI is InChI=1S/C43H26N2OS2/c1-3-9-27(10-4-1)28-15-17-30(18-16-28)45(32-20-23-39-34(25-32)33-13-7-8-14-38(33)47-39)31-19-21-36-35(26-31)41-37(46-36)22-24-40-42(41)44-43(48-40)29-11-5-2-6-12-29/h1-26H. The highest BCUT2D eigenvalue weighted by Gasteiger charge is 2.19. The molecule has 0 spiro atoms. The van der Waals surface area contributed by atoms with Crippen molar-refractivity contribution in [3.05, 3.63) is 158 Å². The normalized spacial score (nSPS) is 11.8. The summed E-state index contributed by atoms with van der Waals surface area (Å²) >= 11 is 3.56.